The third kappa shape index (κ3) is 5.27. The summed E-state index contributed by atoms with van der Waals surface area (Å²) in [7, 11) is 0. The van der Waals surface area contributed by atoms with Gasteiger partial charge < -0.3 is 15.7 Å². The van der Waals surface area contributed by atoms with Crippen molar-refractivity contribution in [1.29, 1.82) is 0 Å². The first-order chi connectivity index (χ1) is 14.8. The van der Waals surface area contributed by atoms with E-state index in [1.54, 1.807) is 0 Å². The maximum absolute atomic E-state index is 12.8. The van der Waals surface area contributed by atoms with Crippen molar-refractivity contribution in [1.82, 2.24) is 20.4 Å². The van der Waals surface area contributed by atoms with Gasteiger partial charge in [-0.25, -0.2) is 0 Å². The predicted octanol–water partition coefficient (Wildman–Crippen LogP) is 3.80. The number of nitrogens with one attached hydrogen (secondary N) is 2. The Morgan fingerprint density at radius 1 is 1.19 bits per heavy atom. The molecular weight excluding hydrogens is 407 g/mol. The number of hydrogen-bond acceptors (Lipinski definition) is 6. The Bertz CT molecular complexity index is 915. The van der Waals surface area contributed by atoms with Gasteiger partial charge in [-0.3, -0.25) is 4.90 Å². The van der Waals surface area contributed by atoms with E-state index in [0.717, 1.165) is 56.7 Å². The molecule has 4 rings (SSSR count). The second-order valence-corrected chi connectivity index (χ2v) is 8.53. The maximum Gasteiger partial charge on any atom is 0.416 e. The molecule has 1 aromatic heterocycles. The average molecular weight is 435 g/mol. The highest BCUT2D eigenvalue weighted by atomic mass is 19.4. The molecule has 0 amide bonds. The summed E-state index contributed by atoms with van der Waals surface area (Å²) < 4.78 is 38.5. The van der Waals surface area contributed by atoms with Crippen LogP contribution in [0.4, 0.5) is 19.0 Å². The van der Waals surface area contributed by atoms with Crippen LogP contribution >= 0.6 is 0 Å². The zero-order chi connectivity index (χ0) is 22.0. The molecule has 2 saturated heterocycles. The maximum atomic E-state index is 12.8. The number of aromatic hydroxyl groups is 1. The van der Waals surface area contributed by atoms with Crippen molar-refractivity contribution in [3.05, 3.63) is 35.4 Å². The normalized spacial score (nSPS) is 22.6. The van der Waals surface area contributed by atoms with Crippen LogP contribution in [-0.2, 0) is 6.18 Å². The minimum Gasteiger partial charge on any atom is -0.507 e. The lowest BCUT2D eigenvalue weighted by atomic mass is 10.0. The Kier molecular flexibility index (Phi) is 6.34. The van der Waals surface area contributed by atoms with Gasteiger partial charge in [0.05, 0.1) is 11.3 Å². The number of alkyl halides is 3. The molecule has 9 heteroatoms. The number of aromatic nitrogens is 2. The Hall–Kier alpha value is -2.39. The zero-order valence-electron chi connectivity index (χ0n) is 17.5. The van der Waals surface area contributed by atoms with Crippen LogP contribution in [0.3, 0.4) is 0 Å². The Morgan fingerprint density at radius 3 is 2.71 bits per heavy atom. The zero-order valence-corrected chi connectivity index (χ0v) is 17.5. The van der Waals surface area contributed by atoms with Crippen molar-refractivity contribution < 1.29 is 18.3 Å². The number of anilines is 1. The van der Waals surface area contributed by atoms with Crippen LogP contribution in [-0.4, -0.2) is 58.5 Å². The van der Waals surface area contributed by atoms with Crippen LogP contribution in [0.25, 0.3) is 11.3 Å². The van der Waals surface area contributed by atoms with Gasteiger partial charge in [0.15, 0.2) is 0 Å². The number of nitrogens with zero attached hydrogens (tertiary/aromatic N) is 3. The molecule has 0 aliphatic carbocycles. The molecule has 31 heavy (non-hydrogen) atoms. The molecule has 2 aliphatic rings. The van der Waals surface area contributed by atoms with Crippen LogP contribution in [0.15, 0.2) is 24.3 Å². The van der Waals surface area contributed by atoms with E-state index in [2.05, 4.69) is 25.7 Å². The number of piperidine rings is 1. The standard InChI is InChI=1S/C22H28F3N5O/c1-14-10-20(27-17-5-3-9-30(13-17)12-16-4-2-8-26-16)28-29-21(14)18-7-6-15(11-19(18)31)22(23,24)25/h6-7,10-11,16-17,26,31H,2-5,8-9,12-13H2,1H3,(H,27,28)/t16-,17+/m0/s1. The second-order valence-electron chi connectivity index (χ2n) is 8.53. The van der Waals surface area contributed by atoms with Crippen molar-refractivity contribution in [3.63, 3.8) is 0 Å². The summed E-state index contributed by atoms with van der Waals surface area (Å²) in [5, 5.41) is 25.5. The number of rotatable bonds is 5. The highest BCUT2D eigenvalue weighted by Crippen LogP contribution is 2.36. The minimum absolute atomic E-state index is 0.234. The fraction of sp³-hybridized carbons (Fsp3) is 0.545. The summed E-state index contributed by atoms with van der Waals surface area (Å²) in [6.45, 7) is 6.03. The van der Waals surface area contributed by atoms with Gasteiger partial charge in [-0.2, -0.15) is 13.2 Å². The molecule has 2 aromatic rings. The first kappa shape index (κ1) is 21.8. The molecule has 2 fully saturated rings. The predicted molar refractivity (Wildman–Crippen MR) is 113 cm³/mol. The van der Waals surface area contributed by atoms with Crippen LogP contribution in [0.2, 0.25) is 0 Å². The number of likely N-dealkylation sites (tertiary alicyclic amines) is 1. The number of phenols is 1. The fourth-order valence-corrected chi connectivity index (χ4v) is 4.50. The first-order valence-corrected chi connectivity index (χ1v) is 10.8. The molecule has 3 N–H and O–H groups in total. The van der Waals surface area contributed by atoms with Crippen molar-refractivity contribution in [2.24, 2.45) is 0 Å². The lowest BCUT2D eigenvalue weighted by Crippen LogP contribution is -2.46. The highest BCUT2D eigenvalue weighted by Gasteiger charge is 2.31. The number of hydrogen-bond donors (Lipinski definition) is 3. The summed E-state index contributed by atoms with van der Waals surface area (Å²) in [4.78, 5) is 2.49. The largest absolute Gasteiger partial charge is 0.507 e. The third-order valence-corrected chi connectivity index (χ3v) is 6.06. The van der Waals surface area contributed by atoms with Gasteiger partial charge in [-0.05, 0) is 75.5 Å². The minimum atomic E-state index is -4.51. The molecule has 0 saturated carbocycles. The number of aryl methyl sites for hydroxylation is 1. The van der Waals surface area contributed by atoms with E-state index < -0.39 is 17.5 Å². The molecule has 3 heterocycles. The number of benzene rings is 1. The summed E-state index contributed by atoms with van der Waals surface area (Å²) in [5.74, 6) is 0.176. The molecule has 2 atom stereocenters. The smallest absolute Gasteiger partial charge is 0.416 e. The molecule has 168 valence electrons. The quantitative estimate of drug-likeness (QED) is 0.664. The van der Waals surface area contributed by atoms with E-state index in [1.807, 2.05) is 13.0 Å². The van der Waals surface area contributed by atoms with Gasteiger partial charge >= 0.3 is 6.18 Å². The SMILES string of the molecule is Cc1cc(N[C@@H]2CCCN(C[C@@H]3CCCN3)C2)nnc1-c1ccc(C(F)(F)F)cc1O. The number of phenolic OH excluding ortho intramolecular Hbond substituents is 1. The van der Waals surface area contributed by atoms with Gasteiger partial charge in [-0.15, -0.1) is 10.2 Å². The van der Waals surface area contributed by atoms with Gasteiger partial charge in [0.2, 0.25) is 0 Å². The highest BCUT2D eigenvalue weighted by molar-refractivity contribution is 5.70. The summed E-state index contributed by atoms with van der Waals surface area (Å²) in [6, 6.07) is 5.58. The van der Waals surface area contributed by atoms with E-state index in [-0.39, 0.29) is 11.6 Å². The van der Waals surface area contributed by atoms with Crippen molar-refractivity contribution in [3.8, 4) is 17.0 Å². The lowest BCUT2D eigenvalue weighted by Gasteiger charge is -2.34. The second kappa shape index (κ2) is 9.00. The van der Waals surface area contributed by atoms with E-state index >= 15 is 0 Å². The molecule has 6 nitrogen and oxygen atoms in total. The topological polar surface area (TPSA) is 73.3 Å². The Morgan fingerprint density at radius 2 is 2.03 bits per heavy atom. The van der Waals surface area contributed by atoms with Crippen LogP contribution in [0.1, 0.15) is 36.8 Å². The Labute approximate surface area is 179 Å². The van der Waals surface area contributed by atoms with Gasteiger partial charge in [0.25, 0.3) is 0 Å². The molecule has 0 spiro atoms. The molecule has 2 aliphatic heterocycles. The monoisotopic (exact) mass is 435 g/mol. The van der Waals surface area contributed by atoms with Crippen LogP contribution in [0, 0.1) is 6.92 Å². The fourth-order valence-electron chi connectivity index (χ4n) is 4.50. The summed E-state index contributed by atoms with van der Waals surface area (Å²) in [5.41, 5.74) is 0.439. The average Bonchev–Trinajstić information content (AvgIpc) is 3.21. The van der Waals surface area contributed by atoms with Crippen LogP contribution in [0.5, 0.6) is 5.75 Å². The van der Waals surface area contributed by atoms with Gasteiger partial charge in [-0.1, -0.05) is 0 Å². The van der Waals surface area contributed by atoms with E-state index in [9.17, 15) is 18.3 Å². The van der Waals surface area contributed by atoms with Gasteiger partial charge in [0.1, 0.15) is 11.6 Å². The summed E-state index contributed by atoms with van der Waals surface area (Å²) >= 11 is 0. The van der Waals surface area contributed by atoms with Crippen molar-refractivity contribution in [2.75, 3.05) is 31.5 Å². The molecule has 0 unspecified atom stereocenters. The van der Waals surface area contributed by atoms with Crippen molar-refractivity contribution >= 4 is 5.82 Å². The summed E-state index contributed by atoms with van der Waals surface area (Å²) in [6.07, 6.45) is 0.144. The van der Waals surface area contributed by atoms with E-state index in [4.69, 9.17) is 0 Å². The van der Waals surface area contributed by atoms with Crippen molar-refractivity contribution in [2.45, 2.75) is 50.9 Å². The van der Waals surface area contributed by atoms with Gasteiger partial charge in [0, 0.05) is 30.7 Å². The van der Waals surface area contributed by atoms with Crippen LogP contribution < -0.4 is 10.6 Å². The lowest BCUT2D eigenvalue weighted by molar-refractivity contribution is -0.137. The first-order valence-electron chi connectivity index (χ1n) is 10.8. The molecule has 0 radical (unpaired) electrons. The molecular formula is C22H28F3N5O. The molecule has 0 bridgehead atoms. The van der Waals surface area contributed by atoms with E-state index in [0.29, 0.717) is 17.6 Å². The molecule has 1 aromatic carbocycles. The Balaban J connectivity index is 1.43. The number of halogens is 3. The third-order valence-electron chi connectivity index (χ3n) is 6.06. The van der Waals surface area contributed by atoms with E-state index in [1.165, 1.54) is 18.9 Å².